The van der Waals surface area contributed by atoms with Crippen LogP contribution < -0.4 is 10.6 Å². The second-order valence-corrected chi connectivity index (χ2v) is 4.30. The second-order valence-electron chi connectivity index (χ2n) is 4.30. The van der Waals surface area contributed by atoms with Gasteiger partial charge in [0.2, 0.25) is 5.91 Å². The van der Waals surface area contributed by atoms with Crippen LogP contribution in [0.4, 0.5) is 0 Å². The van der Waals surface area contributed by atoms with E-state index in [1.807, 2.05) is 6.92 Å². The van der Waals surface area contributed by atoms with Gasteiger partial charge in [0.25, 0.3) is 0 Å². The maximum Gasteiger partial charge on any atom is 0.227 e. The number of amides is 1. The highest BCUT2D eigenvalue weighted by molar-refractivity contribution is 5.83. The predicted octanol–water partition coefficient (Wildman–Crippen LogP) is -0.890. The van der Waals surface area contributed by atoms with Gasteiger partial charge >= 0.3 is 0 Å². The highest BCUT2D eigenvalue weighted by Gasteiger charge is 2.36. The minimum atomic E-state index is -0.346. The molecule has 0 saturated carbocycles. The third-order valence-corrected chi connectivity index (χ3v) is 2.84. The molecule has 0 aromatic carbocycles. The number of carbonyl (C=O) groups is 1. The molecule has 0 spiro atoms. The molecule has 0 aromatic rings. The summed E-state index contributed by atoms with van der Waals surface area (Å²) in [6, 6.07) is -0.306. The zero-order valence-corrected chi connectivity index (χ0v) is 9.38. The number of aliphatic hydroxyl groups excluding tert-OH is 1. The van der Waals surface area contributed by atoms with E-state index in [-0.39, 0.29) is 24.0 Å². The largest absolute Gasteiger partial charge is 0.394 e. The Morgan fingerprint density at radius 2 is 2.47 bits per heavy atom. The first-order chi connectivity index (χ1) is 7.12. The average Bonchev–Trinajstić information content (AvgIpc) is 2.65. The number of nitrogens with one attached hydrogen (secondary N) is 2. The number of aliphatic hydroxyl groups is 1. The molecular formula is C10H20N2O3. The highest BCUT2D eigenvalue weighted by Crippen LogP contribution is 2.24. The molecule has 5 nitrogen and oxygen atoms in total. The van der Waals surface area contributed by atoms with Gasteiger partial charge in [-0.2, -0.15) is 0 Å². The van der Waals surface area contributed by atoms with Gasteiger partial charge in [-0.05, 0) is 19.9 Å². The van der Waals surface area contributed by atoms with E-state index in [2.05, 4.69) is 10.6 Å². The van der Waals surface area contributed by atoms with Gasteiger partial charge in [0, 0.05) is 13.7 Å². The Bertz CT molecular complexity index is 215. The first-order valence-electron chi connectivity index (χ1n) is 5.24. The van der Waals surface area contributed by atoms with Gasteiger partial charge in [0.15, 0.2) is 0 Å². The number of ether oxygens (including phenoxy) is 1. The third-order valence-electron chi connectivity index (χ3n) is 2.84. The fourth-order valence-corrected chi connectivity index (χ4v) is 1.71. The lowest BCUT2D eigenvalue weighted by Gasteiger charge is -2.25. The molecule has 1 saturated heterocycles. The van der Waals surface area contributed by atoms with Crippen molar-refractivity contribution in [3.05, 3.63) is 0 Å². The van der Waals surface area contributed by atoms with Crippen molar-refractivity contribution in [1.82, 2.24) is 10.6 Å². The van der Waals surface area contributed by atoms with E-state index in [1.54, 1.807) is 7.11 Å². The first-order valence-corrected chi connectivity index (χ1v) is 5.24. The van der Waals surface area contributed by atoms with Crippen molar-refractivity contribution in [2.24, 2.45) is 5.41 Å². The van der Waals surface area contributed by atoms with Gasteiger partial charge in [-0.1, -0.05) is 0 Å². The van der Waals surface area contributed by atoms with Crippen molar-refractivity contribution in [3.8, 4) is 0 Å². The third kappa shape index (κ3) is 3.15. The maximum absolute atomic E-state index is 11.9. The molecule has 0 radical (unpaired) electrons. The van der Waals surface area contributed by atoms with Crippen molar-refractivity contribution >= 4 is 5.91 Å². The van der Waals surface area contributed by atoms with E-state index >= 15 is 0 Å². The fraction of sp³-hybridized carbons (Fsp3) is 0.900. The molecule has 1 fully saturated rings. The molecule has 0 bridgehead atoms. The molecule has 1 rings (SSSR count). The van der Waals surface area contributed by atoms with Crippen LogP contribution >= 0.6 is 0 Å². The summed E-state index contributed by atoms with van der Waals surface area (Å²) in [7, 11) is 1.55. The molecule has 88 valence electrons. The van der Waals surface area contributed by atoms with Crippen LogP contribution in [0, 0.1) is 5.41 Å². The summed E-state index contributed by atoms with van der Waals surface area (Å²) in [5.74, 6) is -0.0106. The first kappa shape index (κ1) is 12.4. The monoisotopic (exact) mass is 216 g/mol. The Labute approximate surface area is 90.2 Å². The van der Waals surface area contributed by atoms with Gasteiger partial charge in [0.1, 0.15) is 0 Å². The summed E-state index contributed by atoms with van der Waals surface area (Å²) in [5, 5.41) is 15.0. The van der Waals surface area contributed by atoms with E-state index < -0.39 is 0 Å². The Morgan fingerprint density at radius 3 is 2.93 bits per heavy atom. The molecular weight excluding hydrogens is 196 g/mol. The Morgan fingerprint density at radius 1 is 1.73 bits per heavy atom. The molecule has 1 heterocycles. The van der Waals surface area contributed by atoms with Crippen LogP contribution in [-0.4, -0.2) is 50.5 Å². The van der Waals surface area contributed by atoms with Crippen molar-refractivity contribution in [3.63, 3.8) is 0 Å². The molecule has 2 unspecified atom stereocenters. The van der Waals surface area contributed by atoms with Crippen LogP contribution in [0.5, 0.6) is 0 Å². The van der Waals surface area contributed by atoms with Crippen LogP contribution in [0.2, 0.25) is 0 Å². The summed E-state index contributed by atoms with van der Waals surface area (Å²) in [6.07, 6.45) is 0.837. The predicted molar refractivity (Wildman–Crippen MR) is 56.5 cm³/mol. The van der Waals surface area contributed by atoms with Gasteiger partial charge in [-0.25, -0.2) is 0 Å². The Hall–Kier alpha value is -0.650. The van der Waals surface area contributed by atoms with E-state index in [0.29, 0.717) is 13.2 Å². The lowest BCUT2D eigenvalue weighted by atomic mass is 9.88. The van der Waals surface area contributed by atoms with Crippen molar-refractivity contribution in [1.29, 1.82) is 0 Å². The molecule has 0 aromatic heterocycles. The molecule has 3 N–H and O–H groups in total. The van der Waals surface area contributed by atoms with Gasteiger partial charge in [0.05, 0.1) is 24.7 Å². The molecule has 1 amide bonds. The van der Waals surface area contributed by atoms with Gasteiger partial charge < -0.3 is 20.5 Å². The average molecular weight is 216 g/mol. The van der Waals surface area contributed by atoms with Crippen LogP contribution in [0.1, 0.15) is 13.3 Å². The molecule has 5 heteroatoms. The van der Waals surface area contributed by atoms with E-state index in [9.17, 15) is 4.79 Å². The minimum Gasteiger partial charge on any atom is -0.394 e. The SMILES string of the molecule is COCC(CO)NC(=O)C1(C)CCNC1. The molecule has 15 heavy (non-hydrogen) atoms. The summed E-state index contributed by atoms with van der Waals surface area (Å²) in [5.41, 5.74) is -0.346. The number of hydrogen-bond acceptors (Lipinski definition) is 4. The van der Waals surface area contributed by atoms with Crippen LogP contribution in [0.3, 0.4) is 0 Å². The number of hydrogen-bond donors (Lipinski definition) is 3. The van der Waals surface area contributed by atoms with E-state index in [0.717, 1.165) is 13.0 Å². The molecule has 0 aliphatic carbocycles. The minimum absolute atomic E-state index is 0.0106. The highest BCUT2D eigenvalue weighted by atomic mass is 16.5. The molecule has 2 atom stereocenters. The number of rotatable bonds is 5. The summed E-state index contributed by atoms with van der Waals surface area (Å²) >= 11 is 0. The summed E-state index contributed by atoms with van der Waals surface area (Å²) in [6.45, 7) is 3.75. The van der Waals surface area contributed by atoms with Gasteiger partial charge in [-0.15, -0.1) is 0 Å². The van der Waals surface area contributed by atoms with E-state index in [4.69, 9.17) is 9.84 Å². The summed E-state index contributed by atoms with van der Waals surface area (Å²) in [4.78, 5) is 11.9. The van der Waals surface area contributed by atoms with Crippen LogP contribution in [0.15, 0.2) is 0 Å². The smallest absolute Gasteiger partial charge is 0.227 e. The van der Waals surface area contributed by atoms with Crippen molar-refractivity contribution < 1.29 is 14.6 Å². The fourth-order valence-electron chi connectivity index (χ4n) is 1.71. The standard InChI is InChI=1S/C10H20N2O3/c1-10(3-4-11-7-10)9(14)12-8(5-13)6-15-2/h8,11,13H,3-7H2,1-2H3,(H,12,14). The quantitative estimate of drug-likeness (QED) is 0.557. The maximum atomic E-state index is 11.9. The van der Waals surface area contributed by atoms with Crippen molar-refractivity contribution in [2.45, 2.75) is 19.4 Å². The van der Waals surface area contributed by atoms with Gasteiger partial charge in [-0.3, -0.25) is 4.79 Å². The lowest BCUT2D eigenvalue weighted by molar-refractivity contribution is -0.130. The van der Waals surface area contributed by atoms with Crippen LogP contribution in [-0.2, 0) is 9.53 Å². The zero-order valence-electron chi connectivity index (χ0n) is 9.38. The van der Waals surface area contributed by atoms with E-state index in [1.165, 1.54) is 0 Å². The lowest BCUT2D eigenvalue weighted by Crippen LogP contribution is -2.48. The summed E-state index contributed by atoms with van der Waals surface area (Å²) < 4.78 is 4.90. The van der Waals surface area contributed by atoms with Crippen molar-refractivity contribution in [2.75, 3.05) is 33.4 Å². The number of methoxy groups -OCH3 is 1. The Kier molecular flexibility index (Phi) is 4.50. The normalized spacial score (nSPS) is 27.7. The zero-order chi connectivity index (χ0) is 11.3. The number of carbonyl (C=O) groups excluding carboxylic acids is 1. The molecule has 1 aliphatic rings. The van der Waals surface area contributed by atoms with Crippen LogP contribution in [0.25, 0.3) is 0 Å². The second kappa shape index (κ2) is 5.44. The topological polar surface area (TPSA) is 70.6 Å². The Balaban J connectivity index is 2.45. The molecule has 1 aliphatic heterocycles.